The Labute approximate surface area is 116 Å². The molecule has 0 aromatic heterocycles. The second-order valence-corrected chi connectivity index (χ2v) is 5.34. The Kier molecular flexibility index (Phi) is 4.13. The molecule has 0 radical (unpaired) electrons. The molecule has 0 aliphatic carbocycles. The van der Waals surface area contributed by atoms with Crippen LogP contribution in [0.25, 0.3) is 0 Å². The fourth-order valence-corrected chi connectivity index (χ4v) is 2.15. The molecule has 2 aromatic carbocycles. The fraction of sp³-hybridized carbons (Fsp3) is 0. The Morgan fingerprint density at radius 3 is 2.30 bits per heavy atom. The van der Waals surface area contributed by atoms with Gasteiger partial charge in [-0.2, -0.15) is 13.7 Å². The summed E-state index contributed by atoms with van der Waals surface area (Å²) < 4.78 is 28.0. The quantitative estimate of drug-likeness (QED) is 0.638. The van der Waals surface area contributed by atoms with Crippen molar-refractivity contribution in [3.05, 3.63) is 65.7 Å². The molecule has 0 atom stereocenters. The molecular weight excluding hydrogens is 276 g/mol. The smallest absolute Gasteiger partial charge is 0.265 e. The van der Waals surface area contributed by atoms with Crippen LogP contribution in [0.4, 0.5) is 0 Å². The average molecular weight is 286 g/mol. The normalized spacial score (nSPS) is 11.2. The van der Waals surface area contributed by atoms with Gasteiger partial charge in [-0.1, -0.05) is 35.5 Å². The largest absolute Gasteiger partial charge is 0.358 e. The van der Waals surface area contributed by atoms with E-state index in [1.54, 1.807) is 42.5 Å². The Morgan fingerprint density at radius 2 is 1.70 bits per heavy atom. The molecule has 6 heteroatoms. The molecule has 0 aliphatic rings. The molecule has 0 unspecified atom stereocenters. The molecule has 5 nitrogen and oxygen atoms in total. The molecule has 0 saturated carbocycles. The zero-order valence-electron chi connectivity index (χ0n) is 10.3. The second kappa shape index (κ2) is 5.99. The first-order valence-corrected chi connectivity index (χ1v) is 7.05. The fourth-order valence-electron chi connectivity index (χ4n) is 1.41. The topological polar surface area (TPSA) is 79.5 Å². The maximum Gasteiger partial charge on any atom is 0.358 e. The number of benzene rings is 2. The van der Waals surface area contributed by atoms with Crippen LogP contribution >= 0.6 is 0 Å². The highest BCUT2D eigenvalue weighted by atomic mass is 32.2. The van der Waals surface area contributed by atoms with Gasteiger partial charge in [0.25, 0.3) is 0 Å². The standard InChI is InChI=1S/C14H10N2O3S/c15-10-12-6-8-13(9-7-12)11-16-19-20(17,18)14-4-2-1-3-5-14/h1-9,11H. The number of nitrogens with zero attached hydrogens (tertiary/aromatic N) is 2. The van der Waals surface area contributed by atoms with E-state index in [0.717, 1.165) is 0 Å². The van der Waals surface area contributed by atoms with Crippen molar-refractivity contribution in [3.63, 3.8) is 0 Å². The first-order chi connectivity index (χ1) is 9.62. The molecule has 0 aliphatic heterocycles. The van der Waals surface area contributed by atoms with Gasteiger partial charge in [-0.25, -0.2) is 0 Å². The van der Waals surface area contributed by atoms with Crippen LogP contribution < -0.4 is 0 Å². The van der Waals surface area contributed by atoms with Crippen LogP contribution in [0.5, 0.6) is 0 Å². The first kappa shape index (κ1) is 13.8. The number of hydrogen-bond donors (Lipinski definition) is 0. The van der Waals surface area contributed by atoms with Crippen molar-refractivity contribution in [2.45, 2.75) is 4.90 Å². The van der Waals surface area contributed by atoms with Crippen molar-refractivity contribution in [1.82, 2.24) is 0 Å². The van der Waals surface area contributed by atoms with Gasteiger partial charge in [0.05, 0.1) is 17.8 Å². The highest BCUT2D eigenvalue weighted by Crippen LogP contribution is 2.11. The Morgan fingerprint density at radius 1 is 1.05 bits per heavy atom. The lowest BCUT2D eigenvalue weighted by atomic mass is 10.2. The van der Waals surface area contributed by atoms with Crippen molar-refractivity contribution >= 4 is 16.3 Å². The zero-order chi connectivity index (χ0) is 14.4. The van der Waals surface area contributed by atoms with Crippen molar-refractivity contribution < 1.29 is 12.7 Å². The van der Waals surface area contributed by atoms with Crippen molar-refractivity contribution in [2.24, 2.45) is 5.16 Å². The molecule has 0 fully saturated rings. The summed E-state index contributed by atoms with van der Waals surface area (Å²) in [5.41, 5.74) is 1.15. The van der Waals surface area contributed by atoms with E-state index in [9.17, 15) is 8.42 Å². The van der Waals surface area contributed by atoms with Gasteiger partial charge in [0.2, 0.25) is 0 Å². The summed E-state index contributed by atoms with van der Waals surface area (Å²) in [7, 11) is -3.89. The minimum Gasteiger partial charge on any atom is -0.265 e. The minimum atomic E-state index is -3.89. The predicted octanol–water partition coefficient (Wildman–Crippen LogP) is 2.30. The van der Waals surface area contributed by atoms with E-state index >= 15 is 0 Å². The maximum absolute atomic E-state index is 11.7. The van der Waals surface area contributed by atoms with Crippen molar-refractivity contribution in [2.75, 3.05) is 0 Å². The summed E-state index contributed by atoms with van der Waals surface area (Å²) in [6.07, 6.45) is 1.27. The van der Waals surface area contributed by atoms with Gasteiger partial charge in [-0.05, 0) is 29.8 Å². The monoisotopic (exact) mass is 286 g/mol. The minimum absolute atomic E-state index is 0.0389. The third-order valence-corrected chi connectivity index (χ3v) is 3.55. The Bertz CT molecular complexity index is 745. The third kappa shape index (κ3) is 3.43. The lowest BCUT2D eigenvalue weighted by molar-refractivity contribution is 0.341. The molecule has 0 bridgehead atoms. The van der Waals surface area contributed by atoms with Crippen LogP contribution in [-0.4, -0.2) is 14.6 Å². The van der Waals surface area contributed by atoms with Crippen molar-refractivity contribution in [1.29, 1.82) is 5.26 Å². The van der Waals surface area contributed by atoms with Gasteiger partial charge < -0.3 is 0 Å². The number of oxime groups is 1. The molecule has 0 N–H and O–H groups in total. The van der Waals surface area contributed by atoms with E-state index in [-0.39, 0.29) is 4.90 Å². The first-order valence-electron chi connectivity index (χ1n) is 5.64. The van der Waals surface area contributed by atoms with E-state index in [0.29, 0.717) is 11.1 Å². The van der Waals surface area contributed by atoms with E-state index in [1.165, 1.54) is 18.3 Å². The highest BCUT2D eigenvalue weighted by molar-refractivity contribution is 7.86. The van der Waals surface area contributed by atoms with Gasteiger partial charge >= 0.3 is 10.1 Å². The highest BCUT2D eigenvalue weighted by Gasteiger charge is 2.14. The second-order valence-electron chi connectivity index (χ2n) is 3.81. The molecular formula is C14H10N2O3S. The summed E-state index contributed by atoms with van der Waals surface area (Å²) in [5.74, 6) is 0. The van der Waals surface area contributed by atoms with Gasteiger partial charge in [0.15, 0.2) is 0 Å². The molecule has 2 aromatic rings. The summed E-state index contributed by atoms with van der Waals surface area (Å²) in [5, 5.41) is 12.1. The maximum atomic E-state index is 11.7. The van der Waals surface area contributed by atoms with Crippen LogP contribution in [0, 0.1) is 11.3 Å². The van der Waals surface area contributed by atoms with Gasteiger partial charge in [-0.3, -0.25) is 4.28 Å². The SMILES string of the molecule is N#Cc1ccc(C=NOS(=O)(=O)c2ccccc2)cc1. The van der Waals surface area contributed by atoms with E-state index < -0.39 is 10.1 Å². The number of hydrogen-bond acceptors (Lipinski definition) is 5. The van der Waals surface area contributed by atoms with Crippen LogP contribution in [0.2, 0.25) is 0 Å². The van der Waals surface area contributed by atoms with Crippen LogP contribution in [0.3, 0.4) is 0 Å². The summed E-state index contributed by atoms with van der Waals surface area (Å²) in [6, 6.07) is 16.2. The number of rotatable bonds is 4. The van der Waals surface area contributed by atoms with Gasteiger partial charge in [-0.15, -0.1) is 0 Å². The van der Waals surface area contributed by atoms with E-state index in [2.05, 4.69) is 9.44 Å². The molecule has 0 amide bonds. The molecule has 20 heavy (non-hydrogen) atoms. The zero-order valence-corrected chi connectivity index (χ0v) is 11.1. The Balaban J connectivity index is 2.08. The van der Waals surface area contributed by atoms with Gasteiger partial charge in [0, 0.05) is 0 Å². The van der Waals surface area contributed by atoms with Crippen LogP contribution in [0.1, 0.15) is 11.1 Å². The molecule has 0 spiro atoms. The molecule has 2 rings (SSSR count). The van der Waals surface area contributed by atoms with Crippen molar-refractivity contribution in [3.8, 4) is 6.07 Å². The van der Waals surface area contributed by atoms with E-state index in [4.69, 9.17) is 5.26 Å². The molecule has 0 heterocycles. The van der Waals surface area contributed by atoms with Gasteiger partial charge in [0.1, 0.15) is 4.90 Å². The number of nitriles is 1. The Hall–Kier alpha value is -2.65. The summed E-state index contributed by atoms with van der Waals surface area (Å²) in [6.45, 7) is 0. The molecule has 100 valence electrons. The lowest BCUT2D eigenvalue weighted by Gasteiger charge is -2.00. The summed E-state index contributed by atoms with van der Waals surface area (Å²) >= 11 is 0. The van der Waals surface area contributed by atoms with Crippen LogP contribution in [-0.2, 0) is 14.4 Å². The lowest BCUT2D eigenvalue weighted by Crippen LogP contribution is -2.02. The van der Waals surface area contributed by atoms with E-state index in [1.807, 2.05) is 6.07 Å². The molecule has 0 saturated heterocycles. The third-order valence-electron chi connectivity index (χ3n) is 2.41. The average Bonchev–Trinajstić information content (AvgIpc) is 2.49. The van der Waals surface area contributed by atoms with Crippen LogP contribution in [0.15, 0.2) is 64.6 Å². The predicted molar refractivity (Wildman–Crippen MR) is 73.5 cm³/mol. The summed E-state index contributed by atoms with van der Waals surface area (Å²) in [4.78, 5) is 0.0389.